The van der Waals surface area contributed by atoms with E-state index >= 15 is 0 Å². The molecule has 0 radical (unpaired) electrons. The lowest BCUT2D eigenvalue weighted by molar-refractivity contribution is -0.387. The number of nitrogens with one attached hydrogen (secondary N) is 1. The first-order chi connectivity index (χ1) is 8.58. The van der Waals surface area contributed by atoms with E-state index in [-0.39, 0.29) is 5.56 Å². The van der Waals surface area contributed by atoms with Gasteiger partial charge in [0.1, 0.15) is 0 Å². The molecule has 7 heteroatoms. The van der Waals surface area contributed by atoms with Gasteiger partial charge in [-0.3, -0.25) is 14.9 Å². The van der Waals surface area contributed by atoms with Crippen molar-refractivity contribution >= 4 is 28.6 Å². The lowest BCUT2D eigenvalue weighted by Gasteiger charge is -2.03. The highest BCUT2D eigenvalue weighted by Crippen LogP contribution is 2.20. The van der Waals surface area contributed by atoms with Gasteiger partial charge in [0, 0.05) is 17.0 Å². The Morgan fingerprint density at radius 3 is 2.78 bits per heavy atom. The Bertz CT molecular complexity index is 598. The number of thiophene rings is 1. The summed E-state index contributed by atoms with van der Waals surface area (Å²) in [4.78, 5) is 21.4. The van der Waals surface area contributed by atoms with Crippen molar-refractivity contribution in [1.29, 1.82) is 0 Å². The quantitative estimate of drug-likeness (QED) is 0.685. The standard InChI is InChI=1S/C11H7FN2O3S/c12-9-2-1-7(5-10(9)14(16)17)11(15)13-8-3-4-18-6-8/h1-6H,(H,13,15). The third kappa shape index (κ3) is 2.51. The molecule has 0 aliphatic rings. The van der Waals surface area contributed by atoms with Gasteiger partial charge in [-0.05, 0) is 23.6 Å². The number of benzene rings is 1. The predicted octanol–water partition coefficient (Wildman–Crippen LogP) is 3.05. The van der Waals surface area contributed by atoms with E-state index < -0.39 is 22.3 Å². The zero-order valence-electron chi connectivity index (χ0n) is 8.92. The molecule has 0 saturated carbocycles. The molecule has 0 unspecified atom stereocenters. The molecule has 1 N–H and O–H groups in total. The van der Waals surface area contributed by atoms with Gasteiger partial charge in [-0.15, -0.1) is 0 Å². The number of hydrogen-bond donors (Lipinski definition) is 1. The molecule has 5 nitrogen and oxygen atoms in total. The molecule has 0 aliphatic carbocycles. The smallest absolute Gasteiger partial charge is 0.305 e. The summed E-state index contributed by atoms with van der Waals surface area (Å²) in [5.41, 5.74) is -0.0840. The molecule has 1 heterocycles. The molecule has 0 saturated heterocycles. The van der Waals surface area contributed by atoms with E-state index in [1.54, 1.807) is 16.8 Å². The number of nitro groups is 1. The number of halogens is 1. The molecule has 92 valence electrons. The van der Waals surface area contributed by atoms with Crippen molar-refractivity contribution in [2.75, 3.05) is 5.32 Å². The van der Waals surface area contributed by atoms with E-state index in [4.69, 9.17) is 0 Å². The molecule has 0 atom stereocenters. The first-order valence-electron chi connectivity index (χ1n) is 4.85. The fraction of sp³-hybridized carbons (Fsp3) is 0. The highest BCUT2D eigenvalue weighted by Gasteiger charge is 2.17. The molecule has 0 spiro atoms. The molecule has 2 rings (SSSR count). The number of nitrogens with zero attached hydrogens (tertiary/aromatic N) is 1. The maximum atomic E-state index is 13.1. The summed E-state index contributed by atoms with van der Waals surface area (Å²) in [7, 11) is 0. The second-order valence-electron chi connectivity index (χ2n) is 3.39. The van der Waals surface area contributed by atoms with Crippen LogP contribution < -0.4 is 5.32 Å². The number of hydrogen-bond acceptors (Lipinski definition) is 4. The molecule has 18 heavy (non-hydrogen) atoms. The lowest BCUT2D eigenvalue weighted by atomic mass is 10.2. The van der Waals surface area contributed by atoms with Gasteiger partial charge >= 0.3 is 5.69 Å². The largest absolute Gasteiger partial charge is 0.321 e. The Morgan fingerprint density at radius 2 is 2.17 bits per heavy atom. The number of nitro benzene ring substituents is 1. The van der Waals surface area contributed by atoms with Crippen LogP contribution in [0.15, 0.2) is 35.0 Å². The van der Waals surface area contributed by atoms with Crippen LogP contribution in [-0.2, 0) is 0 Å². The third-order valence-corrected chi connectivity index (χ3v) is 2.87. The van der Waals surface area contributed by atoms with Gasteiger partial charge in [0.2, 0.25) is 5.82 Å². The average Bonchev–Trinajstić information content (AvgIpc) is 2.81. The first kappa shape index (κ1) is 12.2. The van der Waals surface area contributed by atoms with Crippen LogP contribution in [0.25, 0.3) is 0 Å². The Labute approximate surface area is 105 Å². The number of carbonyl (C=O) groups is 1. The van der Waals surface area contributed by atoms with E-state index in [1.807, 2.05) is 0 Å². The zero-order chi connectivity index (χ0) is 13.1. The van der Waals surface area contributed by atoms with Crippen LogP contribution in [0.4, 0.5) is 15.8 Å². The fourth-order valence-corrected chi connectivity index (χ4v) is 1.92. The first-order valence-corrected chi connectivity index (χ1v) is 5.79. The molecule has 1 aromatic carbocycles. The van der Waals surface area contributed by atoms with Crippen LogP contribution in [-0.4, -0.2) is 10.8 Å². The second-order valence-corrected chi connectivity index (χ2v) is 4.17. The van der Waals surface area contributed by atoms with Gasteiger partial charge in [-0.1, -0.05) is 0 Å². The molecular weight excluding hydrogens is 259 g/mol. The SMILES string of the molecule is O=C(Nc1ccsc1)c1ccc(F)c([N+](=O)[O-])c1. The Kier molecular flexibility index (Phi) is 3.33. The molecule has 2 aromatic rings. The summed E-state index contributed by atoms with van der Waals surface area (Å²) in [5.74, 6) is -1.48. The van der Waals surface area contributed by atoms with Gasteiger partial charge in [-0.2, -0.15) is 15.7 Å². The summed E-state index contributed by atoms with van der Waals surface area (Å²) in [6, 6.07) is 4.71. The maximum absolute atomic E-state index is 13.1. The highest BCUT2D eigenvalue weighted by molar-refractivity contribution is 7.08. The van der Waals surface area contributed by atoms with E-state index in [2.05, 4.69) is 5.32 Å². The van der Waals surface area contributed by atoms with Gasteiger partial charge in [-0.25, -0.2) is 0 Å². The van der Waals surface area contributed by atoms with Gasteiger partial charge < -0.3 is 5.32 Å². The van der Waals surface area contributed by atoms with Crippen LogP contribution in [0.3, 0.4) is 0 Å². The Hall–Kier alpha value is -2.28. The van der Waals surface area contributed by atoms with Crippen molar-refractivity contribution in [3.8, 4) is 0 Å². The van der Waals surface area contributed by atoms with Crippen LogP contribution in [0.1, 0.15) is 10.4 Å². The van der Waals surface area contributed by atoms with E-state index in [0.29, 0.717) is 5.69 Å². The molecule has 1 aromatic heterocycles. The van der Waals surface area contributed by atoms with Gasteiger partial charge in [0.25, 0.3) is 5.91 Å². The predicted molar refractivity (Wildman–Crippen MR) is 65.3 cm³/mol. The van der Waals surface area contributed by atoms with Crippen LogP contribution in [0.5, 0.6) is 0 Å². The van der Waals surface area contributed by atoms with Crippen molar-refractivity contribution in [3.05, 3.63) is 56.5 Å². The van der Waals surface area contributed by atoms with Crippen molar-refractivity contribution in [2.45, 2.75) is 0 Å². The van der Waals surface area contributed by atoms with E-state index in [0.717, 1.165) is 12.1 Å². The Balaban J connectivity index is 2.26. The summed E-state index contributed by atoms with van der Waals surface area (Å²) in [5, 5.41) is 16.6. The lowest BCUT2D eigenvalue weighted by Crippen LogP contribution is -2.11. The Morgan fingerprint density at radius 1 is 1.39 bits per heavy atom. The highest BCUT2D eigenvalue weighted by atomic mass is 32.1. The topological polar surface area (TPSA) is 72.2 Å². The summed E-state index contributed by atoms with van der Waals surface area (Å²) >= 11 is 1.40. The average molecular weight is 266 g/mol. The van der Waals surface area contributed by atoms with Crippen molar-refractivity contribution in [1.82, 2.24) is 0 Å². The molecule has 1 amide bonds. The molecule has 0 bridgehead atoms. The van der Waals surface area contributed by atoms with Crippen molar-refractivity contribution in [2.24, 2.45) is 0 Å². The maximum Gasteiger partial charge on any atom is 0.305 e. The number of amides is 1. The monoisotopic (exact) mass is 266 g/mol. The minimum atomic E-state index is -0.966. The normalized spacial score (nSPS) is 10.1. The summed E-state index contributed by atoms with van der Waals surface area (Å²) in [6.45, 7) is 0. The van der Waals surface area contributed by atoms with Crippen molar-refractivity contribution < 1.29 is 14.1 Å². The molecular formula is C11H7FN2O3S. The van der Waals surface area contributed by atoms with Crippen LogP contribution >= 0.6 is 11.3 Å². The van der Waals surface area contributed by atoms with Crippen LogP contribution in [0, 0.1) is 15.9 Å². The van der Waals surface area contributed by atoms with Gasteiger partial charge in [0.15, 0.2) is 0 Å². The number of anilines is 1. The van der Waals surface area contributed by atoms with Crippen LogP contribution in [0.2, 0.25) is 0 Å². The molecule has 0 aliphatic heterocycles. The van der Waals surface area contributed by atoms with E-state index in [9.17, 15) is 19.3 Å². The fourth-order valence-electron chi connectivity index (χ4n) is 1.33. The minimum absolute atomic E-state index is 0.0364. The third-order valence-electron chi connectivity index (χ3n) is 2.18. The summed E-state index contributed by atoms with van der Waals surface area (Å²) in [6.07, 6.45) is 0. The summed E-state index contributed by atoms with van der Waals surface area (Å²) < 4.78 is 13.1. The van der Waals surface area contributed by atoms with E-state index in [1.165, 1.54) is 17.4 Å². The van der Waals surface area contributed by atoms with Gasteiger partial charge in [0.05, 0.1) is 10.6 Å². The van der Waals surface area contributed by atoms with Crippen molar-refractivity contribution in [3.63, 3.8) is 0 Å². The molecule has 0 fully saturated rings. The number of rotatable bonds is 3. The second kappa shape index (κ2) is 4.92. The number of carbonyl (C=O) groups excluding carboxylic acids is 1. The minimum Gasteiger partial charge on any atom is -0.321 e. The zero-order valence-corrected chi connectivity index (χ0v) is 9.74.